The summed E-state index contributed by atoms with van der Waals surface area (Å²) in [5.41, 5.74) is -0.685. The molecule has 0 aromatic rings. The first-order chi connectivity index (χ1) is 8.12. The number of carboxylic acids is 1. The van der Waals surface area contributed by atoms with Gasteiger partial charge in [0.1, 0.15) is 0 Å². The molecule has 2 fully saturated rings. The molecule has 0 unspecified atom stereocenters. The first kappa shape index (κ1) is 12.4. The van der Waals surface area contributed by atoms with Crippen molar-refractivity contribution in [2.24, 2.45) is 11.3 Å². The van der Waals surface area contributed by atoms with Crippen molar-refractivity contribution in [3.63, 3.8) is 0 Å². The molecule has 2 rings (SSSR count). The van der Waals surface area contributed by atoms with Gasteiger partial charge in [0.05, 0.1) is 5.41 Å². The van der Waals surface area contributed by atoms with Crippen LogP contribution in [0.15, 0.2) is 0 Å². The minimum absolute atomic E-state index is 0.0298. The number of nitrogens with one attached hydrogen (secondary N) is 1. The largest absolute Gasteiger partial charge is 0.481 e. The van der Waals surface area contributed by atoms with Crippen LogP contribution in [0.1, 0.15) is 51.4 Å². The van der Waals surface area contributed by atoms with E-state index in [4.69, 9.17) is 0 Å². The number of hydrogen-bond acceptors (Lipinski definition) is 2. The fraction of sp³-hybridized carbons (Fsp3) is 0.846. The number of rotatable bonds is 5. The maximum Gasteiger partial charge on any atom is 0.311 e. The van der Waals surface area contributed by atoms with Crippen LogP contribution < -0.4 is 5.32 Å². The van der Waals surface area contributed by atoms with Crippen molar-refractivity contribution in [1.29, 1.82) is 0 Å². The summed E-state index contributed by atoms with van der Waals surface area (Å²) >= 11 is 0. The molecule has 17 heavy (non-hydrogen) atoms. The zero-order valence-corrected chi connectivity index (χ0v) is 10.2. The first-order valence-corrected chi connectivity index (χ1v) is 6.62. The molecule has 0 aliphatic heterocycles. The summed E-state index contributed by atoms with van der Waals surface area (Å²) in [6.07, 6.45) is 7.44. The molecule has 0 atom stereocenters. The Bertz CT molecular complexity index is 304. The van der Waals surface area contributed by atoms with Gasteiger partial charge in [-0.25, -0.2) is 0 Å². The van der Waals surface area contributed by atoms with Crippen LogP contribution in [0.4, 0.5) is 0 Å². The third kappa shape index (κ3) is 2.79. The van der Waals surface area contributed by atoms with E-state index in [2.05, 4.69) is 5.32 Å². The molecule has 4 nitrogen and oxygen atoms in total. The Morgan fingerprint density at radius 2 is 1.82 bits per heavy atom. The lowest BCUT2D eigenvalue weighted by Crippen LogP contribution is -2.41. The van der Waals surface area contributed by atoms with E-state index in [9.17, 15) is 14.7 Å². The van der Waals surface area contributed by atoms with Crippen molar-refractivity contribution in [2.45, 2.75) is 51.4 Å². The fourth-order valence-corrected chi connectivity index (χ4v) is 2.82. The smallest absolute Gasteiger partial charge is 0.311 e. The lowest BCUT2D eigenvalue weighted by atomic mass is 9.82. The second-order valence-electron chi connectivity index (χ2n) is 5.57. The van der Waals surface area contributed by atoms with Gasteiger partial charge < -0.3 is 10.4 Å². The summed E-state index contributed by atoms with van der Waals surface area (Å²) in [6.45, 7) is 0.313. The molecule has 0 bridgehead atoms. The highest BCUT2D eigenvalue weighted by molar-refractivity contribution is 5.79. The minimum Gasteiger partial charge on any atom is -0.481 e. The molecule has 0 aromatic carbocycles. The van der Waals surface area contributed by atoms with E-state index in [1.807, 2.05) is 0 Å². The fourth-order valence-electron chi connectivity index (χ4n) is 2.82. The summed E-state index contributed by atoms with van der Waals surface area (Å²) in [6, 6.07) is 0. The summed E-state index contributed by atoms with van der Waals surface area (Å²) in [5, 5.41) is 12.1. The molecule has 2 aliphatic rings. The Balaban J connectivity index is 1.78. The van der Waals surface area contributed by atoms with Crippen LogP contribution in [0.3, 0.4) is 0 Å². The van der Waals surface area contributed by atoms with Crippen LogP contribution >= 0.6 is 0 Å². The van der Waals surface area contributed by atoms with Crippen LogP contribution in [-0.2, 0) is 9.59 Å². The van der Waals surface area contributed by atoms with Crippen molar-refractivity contribution in [1.82, 2.24) is 5.32 Å². The molecule has 0 saturated heterocycles. The minimum atomic E-state index is -0.751. The normalized spacial score (nSPS) is 23.1. The van der Waals surface area contributed by atoms with Gasteiger partial charge >= 0.3 is 5.97 Å². The van der Waals surface area contributed by atoms with Gasteiger partial charge in [0.25, 0.3) is 0 Å². The second-order valence-corrected chi connectivity index (χ2v) is 5.57. The molecule has 0 spiro atoms. The van der Waals surface area contributed by atoms with E-state index in [-0.39, 0.29) is 5.91 Å². The topological polar surface area (TPSA) is 66.4 Å². The van der Waals surface area contributed by atoms with Gasteiger partial charge in [0, 0.05) is 13.0 Å². The molecule has 1 amide bonds. The van der Waals surface area contributed by atoms with Gasteiger partial charge in [0.2, 0.25) is 5.91 Å². The molecule has 2 saturated carbocycles. The van der Waals surface area contributed by atoms with E-state index in [0.29, 0.717) is 31.7 Å². The zero-order chi connectivity index (χ0) is 12.3. The Kier molecular flexibility index (Phi) is 3.69. The summed E-state index contributed by atoms with van der Waals surface area (Å²) < 4.78 is 0. The maximum atomic E-state index is 11.7. The molecule has 96 valence electrons. The van der Waals surface area contributed by atoms with E-state index in [1.165, 1.54) is 6.42 Å². The second kappa shape index (κ2) is 5.07. The molecular weight excluding hydrogens is 218 g/mol. The molecule has 2 N–H and O–H groups in total. The highest BCUT2D eigenvalue weighted by Gasteiger charge is 2.41. The van der Waals surface area contributed by atoms with E-state index in [1.54, 1.807) is 0 Å². The number of hydrogen-bond donors (Lipinski definition) is 2. The predicted octanol–water partition coefficient (Wildman–Crippen LogP) is 1.94. The van der Waals surface area contributed by atoms with Crippen molar-refractivity contribution >= 4 is 11.9 Å². The van der Waals surface area contributed by atoms with Crippen LogP contribution in [0.2, 0.25) is 0 Å². The predicted molar refractivity (Wildman–Crippen MR) is 63.5 cm³/mol. The Hall–Kier alpha value is -1.06. The molecule has 0 radical (unpaired) electrons. The van der Waals surface area contributed by atoms with Crippen LogP contribution in [0, 0.1) is 11.3 Å². The molecule has 0 heterocycles. The van der Waals surface area contributed by atoms with Crippen molar-refractivity contribution < 1.29 is 14.7 Å². The number of carbonyl (C=O) groups is 2. The highest BCUT2D eigenvalue weighted by Crippen LogP contribution is 2.38. The van der Waals surface area contributed by atoms with Crippen molar-refractivity contribution in [2.75, 3.05) is 6.54 Å². The molecule has 0 aromatic heterocycles. The number of aliphatic carboxylic acids is 1. The first-order valence-electron chi connectivity index (χ1n) is 6.62. The average Bonchev–Trinajstić information content (AvgIpc) is 2.70. The zero-order valence-electron chi connectivity index (χ0n) is 10.2. The van der Waals surface area contributed by atoms with E-state index >= 15 is 0 Å². The summed E-state index contributed by atoms with van der Waals surface area (Å²) in [7, 11) is 0. The Morgan fingerprint density at radius 1 is 1.18 bits per heavy atom. The van der Waals surface area contributed by atoms with Crippen molar-refractivity contribution in [3.8, 4) is 0 Å². The average molecular weight is 239 g/mol. The third-order valence-corrected chi connectivity index (χ3v) is 4.34. The summed E-state index contributed by atoms with van der Waals surface area (Å²) in [4.78, 5) is 22.9. The van der Waals surface area contributed by atoms with Crippen molar-refractivity contribution in [3.05, 3.63) is 0 Å². The van der Waals surface area contributed by atoms with Gasteiger partial charge in [-0.15, -0.1) is 0 Å². The van der Waals surface area contributed by atoms with Gasteiger partial charge in [-0.05, 0) is 31.6 Å². The van der Waals surface area contributed by atoms with Crippen LogP contribution in [0.25, 0.3) is 0 Å². The number of amides is 1. The quantitative estimate of drug-likeness (QED) is 0.770. The lowest BCUT2D eigenvalue weighted by Gasteiger charge is -2.27. The Labute approximate surface area is 102 Å². The highest BCUT2D eigenvalue weighted by atomic mass is 16.4. The molecule has 2 aliphatic carbocycles. The van der Waals surface area contributed by atoms with Gasteiger partial charge in [-0.2, -0.15) is 0 Å². The van der Waals surface area contributed by atoms with Crippen LogP contribution in [0.5, 0.6) is 0 Å². The SMILES string of the molecule is O=C(CC1CCC1)NCC1(C(=O)O)CCCC1. The van der Waals surface area contributed by atoms with Crippen LogP contribution in [-0.4, -0.2) is 23.5 Å². The number of carboxylic acid groups (broad SMARTS) is 1. The number of carbonyl (C=O) groups excluding carboxylic acids is 1. The molecule has 4 heteroatoms. The van der Waals surface area contributed by atoms with E-state index in [0.717, 1.165) is 25.7 Å². The third-order valence-electron chi connectivity index (χ3n) is 4.34. The van der Waals surface area contributed by atoms with Gasteiger partial charge in [-0.3, -0.25) is 9.59 Å². The lowest BCUT2D eigenvalue weighted by molar-refractivity contribution is -0.148. The standard InChI is InChI=1S/C13H21NO3/c15-11(8-10-4-3-5-10)14-9-13(12(16)17)6-1-2-7-13/h10H,1-9H2,(H,14,15)(H,16,17). The van der Waals surface area contributed by atoms with E-state index < -0.39 is 11.4 Å². The van der Waals surface area contributed by atoms with Gasteiger partial charge in [-0.1, -0.05) is 19.3 Å². The maximum absolute atomic E-state index is 11.7. The molecular formula is C13H21NO3. The van der Waals surface area contributed by atoms with Gasteiger partial charge in [0.15, 0.2) is 0 Å². The Morgan fingerprint density at radius 3 is 2.29 bits per heavy atom. The summed E-state index contributed by atoms with van der Waals surface area (Å²) in [5.74, 6) is -0.180. The monoisotopic (exact) mass is 239 g/mol.